The van der Waals surface area contributed by atoms with E-state index < -0.39 is 0 Å². The molecule has 3 unspecified atom stereocenters. The van der Waals surface area contributed by atoms with Crippen LogP contribution < -0.4 is 0 Å². The monoisotopic (exact) mass is 305 g/mol. The first kappa shape index (κ1) is 14.8. The van der Waals surface area contributed by atoms with Crippen LogP contribution >= 0.6 is 11.6 Å². The maximum absolute atomic E-state index is 6.42. The third-order valence-electron chi connectivity index (χ3n) is 4.84. The summed E-state index contributed by atoms with van der Waals surface area (Å²) in [5, 5.41) is -0.0767. The number of hydrogen-bond acceptors (Lipinski definition) is 2. The standard InChI is InChI=1S/C17H24ClN3/c1-11(2)13-6-4-5-7-15(13)21-16-8-9-19-10-14(16)20-17(21)12(3)18/h8-13,15H,4-7H2,1-3H3. The van der Waals surface area contributed by atoms with E-state index in [1.807, 2.05) is 19.3 Å². The van der Waals surface area contributed by atoms with Crippen LogP contribution in [0.25, 0.3) is 11.0 Å². The fourth-order valence-corrected chi connectivity index (χ4v) is 3.99. The third-order valence-corrected chi connectivity index (χ3v) is 5.04. The summed E-state index contributed by atoms with van der Waals surface area (Å²) in [5.41, 5.74) is 2.15. The maximum atomic E-state index is 6.42. The lowest BCUT2D eigenvalue weighted by Crippen LogP contribution is -2.28. The molecule has 4 heteroatoms. The van der Waals surface area contributed by atoms with Gasteiger partial charge in [-0.2, -0.15) is 0 Å². The first-order valence-corrected chi connectivity index (χ1v) is 8.49. The number of rotatable bonds is 3. The van der Waals surface area contributed by atoms with Gasteiger partial charge in [0, 0.05) is 12.2 Å². The van der Waals surface area contributed by atoms with Gasteiger partial charge >= 0.3 is 0 Å². The fraction of sp³-hybridized carbons (Fsp3) is 0.647. The molecule has 114 valence electrons. The molecule has 0 bridgehead atoms. The van der Waals surface area contributed by atoms with Gasteiger partial charge in [0.15, 0.2) is 0 Å². The SMILES string of the molecule is CC(Cl)c1nc2cnccc2n1C1CCCCC1C(C)C. The summed E-state index contributed by atoms with van der Waals surface area (Å²) >= 11 is 6.42. The minimum absolute atomic E-state index is 0.0767. The molecule has 3 atom stereocenters. The molecule has 2 aromatic heterocycles. The van der Waals surface area contributed by atoms with E-state index >= 15 is 0 Å². The summed E-state index contributed by atoms with van der Waals surface area (Å²) in [6, 6.07) is 2.60. The molecule has 0 amide bonds. The van der Waals surface area contributed by atoms with E-state index in [1.165, 1.54) is 31.2 Å². The lowest BCUT2D eigenvalue weighted by molar-refractivity contribution is 0.185. The Morgan fingerprint density at radius 2 is 2.00 bits per heavy atom. The van der Waals surface area contributed by atoms with Crippen molar-refractivity contribution in [3.63, 3.8) is 0 Å². The molecule has 1 aliphatic rings. The van der Waals surface area contributed by atoms with Crippen molar-refractivity contribution in [3.8, 4) is 0 Å². The third kappa shape index (κ3) is 2.68. The highest BCUT2D eigenvalue weighted by molar-refractivity contribution is 6.20. The van der Waals surface area contributed by atoms with E-state index in [1.54, 1.807) is 0 Å². The van der Waals surface area contributed by atoms with Crippen molar-refractivity contribution in [3.05, 3.63) is 24.3 Å². The van der Waals surface area contributed by atoms with Crippen molar-refractivity contribution in [2.45, 2.75) is 57.9 Å². The number of halogens is 1. The van der Waals surface area contributed by atoms with Gasteiger partial charge in [-0.25, -0.2) is 4.98 Å². The summed E-state index contributed by atoms with van der Waals surface area (Å²) in [6.45, 7) is 6.70. The zero-order valence-electron chi connectivity index (χ0n) is 13.1. The summed E-state index contributed by atoms with van der Waals surface area (Å²) in [7, 11) is 0. The van der Waals surface area contributed by atoms with Crippen molar-refractivity contribution in [1.82, 2.24) is 14.5 Å². The Morgan fingerprint density at radius 3 is 2.71 bits per heavy atom. The van der Waals surface area contributed by atoms with Crippen molar-refractivity contribution in [2.75, 3.05) is 0 Å². The molecular formula is C17H24ClN3. The summed E-state index contributed by atoms with van der Waals surface area (Å²) < 4.78 is 2.42. The molecule has 0 saturated heterocycles. The minimum Gasteiger partial charge on any atom is -0.323 e. The van der Waals surface area contributed by atoms with Crippen LogP contribution in [0.5, 0.6) is 0 Å². The van der Waals surface area contributed by atoms with Gasteiger partial charge < -0.3 is 4.57 Å². The van der Waals surface area contributed by atoms with Crippen molar-refractivity contribution < 1.29 is 0 Å². The van der Waals surface area contributed by atoms with Crippen LogP contribution in [0, 0.1) is 11.8 Å². The maximum Gasteiger partial charge on any atom is 0.128 e. The second kappa shape index (κ2) is 5.96. The van der Waals surface area contributed by atoms with Gasteiger partial charge in [-0.1, -0.05) is 26.7 Å². The molecule has 0 spiro atoms. The van der Waals surface area contributed by atoms with Crippen LogP contribution in [0.3, 0.4) is 0 Å². The smallest absolute Gasteiger partial charge is 0.128 e. The van der Waals surface area contributed by atoms with Crippen LogP contribution in [0.2, 0.25) is 0 Å². The predicted molar refractivity (Wildman–Crippen MR) is 87.6 cm³/mol. The van der Waals surface area contributed by atoms with Crippen LogP contribution in [-0.4, -0.2) is 14.5 Å². The van der Waals surface area contributed by atoms with E-state index in [-0.39, 0.29) is 5.38 Å². The molecule has 0 radical (unpaired) electrons. The summed E-state index contributed by atoms with van der Waals surface area (Å²) in [5.74, 6) is 2.39. The molecule has 2 aromatic rings. The summed E-state index contributed by atoms with van der Waals surface area (Å²) in [6.07, 6.45) is 8.89. The average Bonchev–Trinajstić information content (AvgIpc) is 2.86. The number of fused-ring (bicyclic) bond motifs is 1. The van der Waals surface area contributed by atoms with Gasteiger partial charge in [-0.15, -0.1) is 11.6 Å². The highest BCUT2D eigenvalue weighted by Crippen LogP contribution is 2.41. The number of alkyl halides is 1. The van der Waals surface area contributed by atoms with Gasteiger partial charge in [0.1, 0.15) is 11.3 Å². The highest BCUT2D eigenvalue weighted by Gasteiger charge is 2.32. The predicted octanol–water partition coefficient (Wildman–Crippen LogP) is 5.12. The average molecular weight is 306 g/mol. The molecule has 1 aliphatic carbocycles. The Labute approximate surface area is 131 Å². The van der Waals surface area contributed by atoms with Crippen LogP contribution in [-0.2, 0) is 0 Å². The van der Waals surface area contributed by atoms with Gasteiger partial charge in [-0.3, -0.25) is 4.98 Å². The Balaban J connectivity index is 2.14. The molecule has 1 fully saturated rings. The fourth-order valence-electron chi connectivity index (χ4n) is 3.84. The Bertz CT molecular complexity index is 618. The number of pyridine rings is 1. The van der Waals surface area contributed by atoms with E-state index in [9.17, 15) is 0 Å². The largest absolute Gasteiger partial charge is 0.323 e. The van der Waals surface area contributed by atoms with E-state index in [4.69, 9.17) is 16.6 Å². The number of hydrogen-bond donors (Lipinski definition) is 0. The zero-order chi connectivity index (χ0) is 15.0. The highest BCUT2D eigenvalue weighted by atomic mass is 35.5. The van der Waals surface area contributed by atoms with Crippen LogP contribution in [0.15, 0.2) is 18.5 Å². The Morgan fingerprint density at radius 1 is 1.24 bits per heavy atom. The van der Waals surface area contributed by atoms with Crippen LogP contribution in [0.1, 0.15) is 63.7 Å². The minimum atomic E-state index is -0.0767. The van der Waals surface area contributed by atoms with E-state index in [0.717, 1.165) is 11.3 Å². The Kier molecular flexibility index (Phi) is 4.21. The lowest BCUT2D eigenvalue weighted by Gasteiger charge is -2.36. The second-order valence-corrected chi connectivity index (χ2v) is 7.23. The van der Waals surface area contributed by atoms with Crippen molar-refractivity contribution in [1.29, 1.82) is 0 Å². The van der Waals surface area contributed by atoms with Crippen molar-refractivity contribution >= 4 is 22.6 Å². The summed E-state index contributed by atoms with van der Waals surface area (Å²) in [4.78, 5) is 8.96. The van der Waals surface area contributed by atoms with Gasteiger partial charge in [0.05, 0.1) is 17.1 Å². The number of imidazole rings is 1. The topological polar surface area (TPSA) is 30.7 Å². The molecule has 2 heterocycles. The first-order chi connectivity index (χ1) is 10.1. The molecule has 3 rings (SSSR count). The molecule has 1 saturated carbocycles. The first-order valence-electron chi connectivity index (χ1n) is 8.05. The van der Waals surface area contributed by atoms with Gasteiger partial charge in [0.2, 0.25) is 0 Å². The second-order valence-electron chi connectivity index (χ2n) is 6.58. The van der Waals surface area contributed by atoms with Gasteiger partial charge in [-0.05, 0) is 37.7 Å². The zero-order valence-corrected chi connectivity index (χ0v) is 13.8. The normalized spacial score (nSPS) is 24.6. The molecule has 0 N–H and O–H groups in total. The molecule has 3 nitrogen and oxygen atoms in total. The van der Waals surface area contributed by atoms with E-state index in [0.29, 0.717) is 17.9 Å². The van der Waals surface area contributed by atoms with Crippen LogP contribution in [0.4, 0.5) is 0 Å². The number of nitrogens with zero attached hydrogens (tertiary/aromatic N) is 3. The number of aromatic nitrogens is 3. The van der Waals surface area contributed by atoms with Gasteiger partial charge in [0.25, 0.3) is 0 Å². The molecule has 21 heavy (non-hydrogen) atoms. The quantitative estimate of drug-likeness (QED) is 0.737. The molecular weight excluding hydrogens is 282 g/mol. The molecule has 0 aliphatic heterocycles. The van der Waals surface area contributed by atoms with Crippen molar-refractivity contribution in [2.24, 2.45) is 11.8 Å². The lowest BCUT2D eigenvalue weighted by atomic mass is 9.77. The Hall–Kier alpha value is -1.09. The van der Waals surface area contributed by atoms with E-state index in [2.05, 4.69) is 29.5 Å². The molecule has 0 aromatic carbocycles.